The number of methoxy groups -OCH3 is 2. The molecule has 3 aromatic rings. The van der Waals surface area contributed by atoms with Gasteiger partial charge in [-0.25, -0.2) is 0 Å². The maximum absolute atomic E-state index is 12.6. The summed E-state index contributed by atoms with van der Waals surface area (Å²) in [7, 11) is 3.22. The zero-order valence-corrected chi connectivity index (χ0v) is 16.3. The second-order valence-electron chi connectivity index (χ2n) is 6.82. The number of fused-ring (bicyclic) bond motifs is 1. The Kier molecular flexibility index (Phi) is 5.04. The largest absolute Gasteiger partial charge is 0.497 e. The number of ether oxygens (including phenoxy) is 2. The van der Waals surface area contributed by atoms with Crippen LogP contribution < -0.4 is 14.8 Å². The Morgan fingerprint density at radius 2 is 1.66 bits per heavy atom. The molecule has 0 saturated carbocycles. The predicted molar refractivity (Wildman–Crippen MR) is 112 cm³/mol. The Balaban J connectivity index is 1.77. The van der Waals surface area contributed by atoms with Gasteiger partial charge in [-0.2, -0.15) is 0 Å². The van der Waals surface area contributed by atoms with E-state index in [0.717, 1.165) is 16.7 Å². The number of nitrogens with one attached hydrogen (secondary N) is 1. The third-order valence-electron chi connectivity index (χ3n) is 5.18. The van der Waals surface area contributed by atoms with Crippen LogP contribution in [0.1, 0.15) is 32.7 Å². The van der Waals surface area contributed by atoms with Crippen LogP contribution in [0.4, 0.5) is 5.69 Å². The number of amides is 1. The molecule has 146 valence electrons. The van der Waals surface area contributed by atoms with Gasteiger partial charge in [0.05, 0.1) is 19.9 Å². The topological polar surface area (TPSA) is 64.6 Å². The Morgan fingerprint density at radius 1 is 0.897 bits per heavy atom. The molecular weight excluding hydrogens is 366 g/mol. The van der Waals surface area contributed by atoms with E-state index in [-0.39, 0.29) is 11.7 Å². The summed E-state index contributed by atoms with van der Waals surface area (Å²) in [6.07, 6.45) is 1.06. The van der Waals surface area contributed by atoms with Gasteiger partial charge >= 0.3 is 0 Å². The number of rotatable bonds is 5. The van der Waals surface area contributed by atoms with E-state index >= 15 is 0 Å². The van der Waals surface area contributed by atoms with Crippen LogP contribution in [-0.2, 0) is 6.42 Å². The number of benzene rings is 3. The molecule has 0 atom stereocenters. The number of ketones is 1. The van der Waals surface area contributed by atoms with Crippen LogP contribution in [0.25, 0.3) is 11.1 Å². The van der Waals surface area contributed by atoms with Crippen molar-refractivity contribution in [3.63, 3.8) is 0 Å². The van der Waals surface area contributed by atoms with Gasteiger partial charge in [-0.05, 0) is 47.9 Å². The number of anilines is 1. The van der Waals surface area contributed by atoms with Crippen LogP contribution in [0.3, 0.4) is 0 Å². The van der Waals surface area contributed by atoms with Crippen molar-refractivity contribution in [2.24, 2.45) is 0 Å². The SMILES string of the molecule is COc1ccc(-c2ccc(NC(=O)c3ccccc3)c3c2CCC3=O)c(OC)c1. The lowest BCUT2D eigenvalue weighted by atomic mass is 9.94. The van der Waals surface area contributed by atoms with E-state index in [1.54, 1.807) is 32.4 Å². The number of hydrogen-bond acceptors (Lipinski definition) is 4. The van der Waals surface area contributed by atoms with Gasteiger partial charge in [0.15, 0.2) is 5.78 Å². The molecule has 0 saturated heterocycles. The highest BCUT2D eigenvalue weighted by Crippen LogP contribution is 2.41. The standard InChI is InChI=1S/C24H21NO4/c1-28-16-8-9-18(22(14-16)29-2)17-10-12-20(23-19(17)11-13-21(23)26)25-24(27)15-6-4-3-5-7-15/h3-10,12,14H,11,13H2,1-2H3,(H,25,27). The molecule has 5 heteroatoms. The Hall–Kier alpha value is -3.60. The molecule has 0 aromatic heterocycles. The molecule has 0 radical (unpaired) electrons. The van der Waals surface area contributed by atoms with Gasteiger partial charge < -0.3 is 14.8 Å². The molecule has 0 unspecified atom stereocenters. The summed E-state index contributed by atoms with van der Waals surface area (Å²) in [4.78, 5) is 25.2. The minimum absolute atomic E-state index is 0.0395. The first-order valence-electron chi connectivity index (χ1n) is 9.40. The molecule has 0 fully saturated rings. The van der Waals surface area contributed by atoms with Gasteiger partial charge in [0.2, 0.25) is 0 Å². The average molecular weight is 387 g/mol. The predicted octanol–water partition coefficient (Wildman–Crippen LogP) is 4.75. The van der Waals surface area contributed by atoms with Gasteiger partial charge in [0, 0.05) is 29.2 Å². The molecule has 1 aliphatic rings. The molecule has 29 heavy (non-hydrogen) atoms. The highest BCUT2D eigenvalue weighted by atomic mass is 16.5. The fourth-order valence-corrected chi connectivity index (χ4v) is 3.75. The van der Waals surface area contributed by atoms with Crippen LogP contribution >= 0.6 is 0 Å². The zero-order chi connectivity index (χ0) is 20.4. The van der Waals surface area contributed by atoms with Crippen LogP contribution in [-0.4, -0.2) is 25.9 Å². The summed E-state index contributed by atoms with van der Waals surface area (Å²) in [6, 6.07) is 18.3. The quantitative estimate of drug-likeness (QED) is 0.686. The van der Waals surface area contributed by atoms with E-state index in [0.29, 0.717) is 41.2 Å². The van der Waals surface area contributed by atoms with E-state index in [1.165, 1.54) is 0 Å². The molecular formula is C24H21NO4. The van der Waals surface area contributed by atoms with Crippen LogP contribution in [0.15, 0.2) is 60.7 Å². The highest BCUT2D eigenvalue weighted by molar-refractivity contribution is 6.12. The summed E-state index contributed by atoms with van der Waals surface area (Å²) >= 11 is 0. The minimum Gasteiger partial charge on any atom is -0.497 e. The van der Waals surface area contributed by atoms with Gasteiger partial charge in [0.25, 0.3) is 5.91 Å². The lowest BCUT2D eigenvalue weighted by molar-refractivity contribution is 0.0995. The van der Waals surface area contributed by atoms with E-state index in [9.17, 15) is 9.59 Å². The Labute approximate surface area is 169 Å². The maximum atomic E-state index is 12.6. The molecule has 0 aliphatic heterocycles. The number of carbonyl (C=O) groups excluding carboxylic acids is 2. The average Bonchev–Trinajstić information content (AvgIpc) is 3.16. The minimum atomic E-state index is -0.234. The summed E-state index contributed by atoms with van der Waals surface area (Å²) in [5.74, 6) is 1.18. The first-order chi connectivity index (χ1) is 14.1. The molecule has 0 bridgehead atoms. The second kappa shape index (κ2) is 7.80. The maximum Gasteiger partial charge on any atom is 0.255 e. The van der Waals surface area contributed by atoms with Gasteiger partial charge in [-0.15, -0.1) is 0 Å². The van der Waals surface area contributed by atoms with Gasteiger partial charge in [-0.3, -0.25) is 9.59 Å². The summed E-state index contributed by atoms with van der Waals surface area (Å²) < 4.78 is 10.8. The monoisotopic (exact) mass is 387 g/mol. The first-order valence-corrected chi connectivity index (χ1v) is 9.40. The lowest BCUT2D eigenvalue weighted by Crippen LogP contribution is -2.14. The molecule has 0 heterocycles. The summed E-state index contributed by atoms with van der Waals surface area (Å²) in [6.45, 7) is 0. The van der Waals surface area contributed by atoms with E-state index < -0.39 is 0 Å². The molecule has 1 N–H and O–H groups in total. The molecule has 4 rings (SSSR count). The normalized spacial score (nSPS) is 12.4. The number of carbonyl (C=O) groups is 2. The Morgan fingerprint density at radius 3 is 2.38 bits per heavy atom. The van der Waals surface area contributed by atoms with E-state index in [2.05, 4.69) is 5.32 Å². The van der Waals surface area contributed by atoms with Crippen molar-refractivity contribution >= 4 is 17.4 Å². The van der Waals surface area contributed by atoms with Crippen LogP contribution in [0.2, 0.25) is 0 Å². The smallest absolute Gasteiger partial charge is 0.255 e. The molecule has 0 spiro atoms. The molecule has 3 aromatic carbocycles. The van der Waals surface area contributed by atoms with Crippen molar-refractivity contribution in [1.29, 1.82) is 0 Å². The fourth-order valence-electron chi connectivity index (χ4n) is 3.75. The van der Waals surface area contributed by atoms with Gasteiger partial charge in [0.1, 0.15) is 11.5 Å². The molecule has 5 nitrogen and oxygen atoms in total. The van der Waals surface area contributed by atoms with Crippen molar-refractivity contribution in [3.8, 4) is 22.6 Å². The van der Waals surface area contributed by atoms with Gasteiger partial charge in [-0.1, -0.05) is 24.3 Å². The fraction of sp³-hybridized carbons (Fsp3) is 0.167. The summed E-state index contributed by atoms with van der Waals surface area (Å²) in [5.41, 5.74) is 4.44. The second-order valence-corrected chi connectivity index (χ2v) is 6.82. The molecule has 1 amide bonds. The molecule has 1 aliphatic carbocycles. The van der Waals surface area contributed by atoms with Crippen molar-refractivity contribution in [2.75, 3.05) is 19.5 Å². The van der Waals surface area contributed by atoms with Crippen LogP contribution in [0.5, 0.6) is 11.5 Å². The highest BCUT2D eigenvalue weighted by Gasteiger charge is 2.28. The Bertz CT molecular complexity index is 1090. The van der Waals surface area contributed by atoms with Crippen molar-refractivity contribution in [3.05, 3.63) is 77.4 Å². The van der Waals surface area contributed by atoms with Crippen molar-refractivity contribution < 1.29 is 19.1 Å². The van der Waals surface area contributed by atoms with Crippen LogP contribution in [0, 0.1) is 0 Å². The lowest BCUT2D eigenvalue weighted by Gasteiger charge is -2.16. The first kappa shape index (κ1) is 18.7. The van der Waals surface area contributed by atoms with Crippen molar-refractivity contribution in [2.45, 2.75) is 12.8 Å². The third kappa shape index (κ3) is 3.47. The third-order valence-corrected chi connectivity index (χ3v) is 5.18. The summed E-state index contributed by atoms with van der Waals surface area (Å²) in [5, 5.41) is 2.90. The number of hydrogen-bond donors (Lipinski definition) is 1. The van der Waals surface area contributed by atoms with Crippen molar-refractivity contribution in [1.82, 2.24) is 0 Å². The van der Waals surface area contributed by atoms with E-state index in [1.807, 2.05) is 42.5 Å². The zero-order valence-electron chi connectivity index (χ0n) is 16.3. The van der Waals surface area contributed by atoms with E-state index in [4.69, 9.17) is 9.47 Å². The number of Topliss-reactive ketones (excluding diaryl/α,β-unsaturated/α-hetero) is 1.